The highest BCUT2D eigenvalue weighted by molar-refractivity contribution is 5.80. The average Bonchev–Trinajstić information content (AvgIpc) is 1.92. The minimum absolute atomic E-state index is 0.153. The van der Waals surface area contributed by atoms with Gasteiger partial charge >= 0.3 is 0 Å². The van der Waals surface area contributed by atoms with Crippen LogP contribution in [0.25, 0.3) is 0 Å². The summed E-state index contributed by atoms with van der Waals surface area (Å²) in [5, 5.41) is 0. The lowest BCUT2D eigenvalue weighted by Crippen LogP contribution is -2.35. The van der Waals surface area contributed by atoms with E-state index in [9.17, 15) is 4.79 Å². The third kappa shape index (κ3) is 1.49. The van der Waals surface area contributed by atoms with Gasteiger partial charge in [-0.2, -0.15) is 0 Å². The Hall–Kier alpha value is -0.530. The fourth-order valence-corrected chi connectivity index (χ4v) is 1.27. The summed E-state index contributed by atoms with van der Waals surface area (Å²) in [7, 11) is 0. The summed E-state index contributed by atoms with van der Waals surface area (Å²) in [4.78, 5) is 10.9. The second kappa shape index (κ2) is 3.59. The lowest BCUT2D eigenvalue weighted by atomic mass is 9.79. The Morgan fingerprint density at radius 2 is 1.50 bits per heavy atom. The Labute approximate surface area is 62.8 Å². The van der Waals surface area contributed by atoms with Gasteiger partial charge < -0.3 is 5.73 Å². The fraction of sp³-hybridized carbons (Fsp3) is 0.875. The number of nitrogens with two attached hydrogens (primary N) is 1. The monoisotopic (exact) mass is 143 g/mol. The van der Waals surface area contributed by atoms with E-state index < -0.39 is 0 Å². The zero-order valence-electron chi connectivity index (χ0n) is 7.11. The lowest BCUT2D eigenvalue weighted by molar-refractivity contribution is -0.128. The summed E-state index contributed by atoms with van der Waals surface area (Å²) >= 11 is 0. The smallest absolute Gasteiger partial charge is 0.223 e. The van der Waals surface area contributed by atoms with Crippen molar-refractivity contribution in [3.63, 3.8) is 0 Å². The van der Waals surface area contributed by atoms with Gasteiger partial charge in [-0.25, -0.2) is 0 Å². The van der Waals surface area contributed by atoms with E-state index in [-0.39, 0.29) is 11.3 Å². The quantitative estimate of drug-likeness (QED) is 0.639. The number of carbonyl (C=O) groups is 1. The molecule has 0 saturated carbocycles. The van der Waals surface area contributed by atoms with Crippen LogP contribution in [-0.4, -0.2) is 5.91 Å². The summed E-state index contributed by atoms with van der Waals surface area (Å²) < 4.78 is 0. The maximum absolute atomic E-state index is 10.9. The predicted molar refractivity (Wildman–Crippen MR) is 42.5 cm³/mol. The van der Waals surface area contributed by atoms with Crippen LogP contribution in [0.1, 0.15) is 40.0 Å². The Balaban J connectivity index is 4.31. The van der Waals surface area contributed by atoms with E-state index in [1.807, 2.05) is 20.8 Å². The molecule has 0 rings (SSSR count). The van der Waals surface area contributed by atoms with Crippen molar-refractivity contribution in [1.82, 2.24) is 0 Å². The highest BCUT2D eigenvalue weighted by Gasteiger charge is 2.29. The summed E-state index contributed by atoms with van der Waals surface area (Å²) in [5.41, 5.74) is 5.03. The molecule has 0 heterocycles. The normalized spacial score (nSPS) is 11.5. The van der Waals surface area contributed by atoms with Crippen molar-refractivity contribution in [2.75, 3.05) is 0 Å². The van der Waals surface area contributed by atoms with Crippen LogP contribution in [0.4, 0.5) is 0 Å². The van der Waals surface area contributed by atoms with Gasteiger partial charge in [-0.05, 0) is 19.3 Å². The molecule has 60 valence electrons. The van der Waals surface area contributed by atoms with Crippen LogP contribution in [0.15, 0.2) is 0 Å². The number of rotatable bonds is 4. The van der Waals surface area contributed by atoms with E-state index in [0.717, 1.165) is 19.3 Å². The number of hydrogen-bond acceptors (Lipinski definition) is 1. The molecule has 0 radical (unpaired) electrons. The molecule has 0 saturated heterocycles. The molecule has 2 nitrogen and oxygen atoms in total. The molecule has 0 aliphatic heterocycles. The molecule has 0 aliphatic carbocycles. The third-order valence-electron chi connectivity index (χ3n) is 2.55. The van der Waals surface area contributed by atoms with E-state index in [1.165, 1.54) is 0 Å². The fourth-order valence-electron chi connectivity index (χ4n) is 1.27. The Morgan fingerprint density at radius 1 is 1.20 bits per heavy atom. The van der Waals surface area contributed by atoms with E-state index >= 15 is 0 Å². The standard InChI is InChI=1S/C8H17NO/c1-4-8(5-2,6-3)7(9)10/h4-6H2,1-3H3,(H2,9,10). The molecular weight excluding hydrogens is 126 g/mol. The summed E-state index contributed by atoms with van der Waals surface area (Å²) in [6.45, 7) is 6.04. The zero-order chi connectivity index (χ0) is 8.20. The molecule has 0 unspecified atom stereocenters. The molecule has 0 spiro atoms. The van der Waals surface area contributed by atoms with Crippen molar-refractivity contribution in [2.45, 2.75) is 40.0 Å². The molecule has 2 N–H and O–H groups in total. The minimum Gasteiger partial charge on any atom is -0.369 e. The molecule has 0 aliphatic rings. The highest BCUT2D eigenvalue weighted by atomic mass is 16.1. The first kappa shape index (κ1) is 9.47. The van der Waals surface area contributed by atoms with Crippen LogP contribution in [0.2, 0.25) is 0 Å². The summed E-state index contributed by atoms with van der Waals surface area (Å²) in [6.07, 6.45) is 2.57. The molecule has 0 bridgehead atoms. The average molecular weight is 143 g/mol. The van der Waals surface area contributed by atoms with Gasteiger partial charge in [0, 0.05) is 5.41 Å². The Bertz CT molecular complexity index is 108. The van der Waals surface area contributed by atoms with E-state index in [2.05, 4.69) is 0 Å². The van der Waals surface area contributed by atoms with Crippen molar-refractivity contribution >= 4 is 5.91 Å². The van der Waals surface area contributed by atoms with Crippen LogP contribution in [0, 0.1) is 5.41 Å². The molecule has 0 aromatic carbocycles. The number of primary amides is 1. The molecular formula is C8H17NO. The summed E-state index contributed by atoms with van der Waals surface area (Å²) in [5.74, 6) is -0.153. The number of hydrogen-bond donors (Lipinski definition) is 1. The Morgan fingerprint density at radius 3 is 1.50 bits per heavy atom. The van der Waals surface area contributed by atoms with Gasteiger partial charge in [0.05, 0.1) is 0 Å². The van der Waals surface area contributed by atoms with Crippen LogP contribution in [-0.2, 0) is 4.79 Å². The zero-order valence-corrected chi connectivity index (χ0v) is 7.11. The molecule has 0 aromatic heterocycles. The molecule has 2 heteroatoms. The molecule has 0 atom stereocenters. The predicted octanol–water partition coefficient (Wildman–Crippen LogP) is 1.69. The lowest BCUT2D eigenvalue weighted by Gasteiger charge is -2.25. The second-order valence-electron chi connectivity index (χ2n) is 2.71. The van der Waals surface area contributed by atoms with E-state index in [4.69, 9.17) is 5.73 Å². The van der Waals surface area contributed by atoms with Crippen LogP contribution >= 0.6 is 0 Å². The first-order valence-corrected chi connectivity index (χ1v) is 3.92. The summed E-state index contributed by atoms with van der Waals surface area (Å²) in [6, 6.07) is 0. The second-order valence-corrected chi connectivity index (χ2v) is 2.71. The molecule has 0 fully saturated rings. The first-order valence-electron chi connectivity index (χ1n) is 3.92. The van der Waals surface area contributed by atoms with Crippen molar-refractivity contribution in [3.8, 4) is 0 Å². The van der Waals surface area contributed by atoms with Crippen LogP contribution in [0.3, 0.4) is 0 Å². The van der Waals surface area contributed by atoms with Gasteiger partial charge in [-0.15, -0.1) is 0 Å². The third-order valence-corrected chi connectivity index (χ3v) is 2.55. The van der Waals surface area contributed by atoms with Gasteiger partial charge in [-0.3, -0.25) is 4.79 Å². The maximum Gasteiger partial charge on any atom is 0.223 e. The van der Waals surface area contributed by atoms with E-state index in [0.29, 0.717) is 0 Å². The van der Waals surface area contributed by atoms with Crippen molar-refractivity contribution in [2.24, 2.45) is 11.1 Å². The SMILES string of the molecule is CCC(CC)(CC)C(N)=O. The molecule has 10 heavy (non-hydrogen) atoms. The van der Waals surface area contributed by atoms with Gasteiger partial charge in [0.1, 0.15) is 0 Å². The maximum atomic E-state index is 10.9. The van der Waals surface area contributed by atoms with Gasteiger partial charge in [-0.1, -0.05) is 20.8 Å². The topological polar surface area (TPSA) is 43.1 Å². The van der Waals surface area contributed by atoms with Crippen molar-refractivity contribution in [1.29, 1.82) is 0 Å². The van der Waals surface area contributed by atoms with Crippen molar-refractivity contribution in [3.05, 3.63) is 0 Å². The number of carbonyl (C=O) groups excluding carboxylic acids is 1. The van der Waals surface area contributed by atoms with Gasteiger partial charge in [0.2, 0.25) is 5.91 Å². The Kier molecular flexibility index (Phi) is 3.40. The first-order chi connectivity index (χ1) is 4.63. The highest BCUT2D eigenvalue weighted by Crippen LogP contribution is 2.29. The van der Waals surface area contributed by atoms with E-state index in [1.54, 1.807) is 0 Å². The van der Waals surface area contributed by atoms with Gasteiger partial charge in [0.15, 0.2) is 0 Å². The largest absolute Gasteiger partial charge is 0.369 e. The van der Waals surface area contributed by atoms with Crippen LogP contribution < -0.4 is 5.73 Å². The molecule has 1 amide bonds. The number of amides is 1. The van der Waals surface area contributed by atoms with Crippen LogP contribution in [0.5, 0.6) is 0 Å². The van der Waals surface area contributed by atoms with Gasteiger partial charge in [0.25, 0.3) is 0 Å². The minimum atomic E-state index is -0.236. The van der Waals surface area contributed by atoms with Crippen molar-refractivity contribution < 1.29 is 4.79 Å². The molecule has 0 aromatic rings.